The molecule has 27 heavy (non-hydrogen) atoms. The molecule has 0 aliphatic rings. The molecule has 0 aliphatic carbocycles. The van der Waals surface area contributed by atoms with Gasteiger partial charge in [0, 0.05) is 24.4 Å². The van der Waals surface area contributed by atoms with E-state index in [2.05, 4.69) is 10.3 Å². The van der Waals surface area contributed by atoms with Crippen molar-refractivity contribution < 1.29 is 14.5 Å². The lowest BCUT2D eigenvalue weighted by Gasteiger charge is -2.14. The third kappa shape index (κ3) is 4.09. The fraction of sp³-hybridized carbons (Fsp3) is 0.263. The molecule has 0 unspecified atom stereocenters. The van der Waals surface area contributed by atoms with E-state index in [-0.39, 0.29) is 30.7 Å². The van der Waals surface area contributed by atoms with Crippen LogP contribution in [0.25, 0.3) is 21.8 Å². The second kappa shape index (κ2) is 8.64. The highest BCUT2D eigenvalue weighted by Crippen LogP contribution is 2.37. The topological polar surface area (TPSA) is 94.4 Å². The number of nitro groups is 1. The van der Waals surface area contributed by atoms with Crippen molar-refractivity contribution >= 4 is 51.6 Å². The maximum absolute atomic E-state index is 11.6. The summed E-state index contributed by atoms with van der Waals surface area (Å²) in [5.74, 6) is -0.280. The summed E-state index contributed by atoms with van der Waals surface area (Å²) < 4.78 is 5.09. The molecule has 0 radical (unpaired) electrons. The van der Waals surface area contributed by atoms with Crippen LogP contribution >= 0.6 is 12.4 Å². The lowest BCUT2D eigenvalue weighted by molar-refractivity contribution is -0.383. The number of anilines is 1. The second-order valence-electron chi connectivity index (χ2n) is 5.89. The van der Waals surface area contributed by atoms with Crippen LogP contribution < -0.4 is 5.32 Å². The third-order valence-electron chi connectivity index (χ3n) is 4.17. The standard InChI is InChI=1S/C19H19N3O4.ClH/c1-3-16(23)26-11-10-20-19-13-6-4-5-7-14(13)21-18-12(2)8-9-15(17(18)19)22(24)25;/h4-9H,3,10-11H2,1-2H3,(H,20,21);1H. The number of fused-ring (bicyclic) bond motifs is 2. The maximum atomic E-state index is 11.6. The van der Waals surface area contributed by atoms with Crippen LogP contribution in [0.1, 0.15) is 18.9 Å². The van der Waals surface area contributed by atoms with Gasteiger partial charge < -0.3 is 10.1 Å². The third-order valence-corrected chi connectivity index (χ3v) is 4.17. The van der Waals surface area contributed by atoms with Gasteiger partial charge in [0.05, 0.1) is 21.6 Å². The average Bonchev–Trinajstić information content (AvgIpc) is 2.64. The first-order valence-electron chi connectivity index (χ1n) is 8.39. The molecule has 2 aromatic carbocycles. The number of ether oxygens (including phenoxy) is 1. The number of aromatic nitrogens is 1. The van der Waals surface area contributed by atoms with Crippen LogP contribution in [-0.4, -0.2) is 29.0 Å². The van der Waals surface area contributed by atoms with Gasteiger partial charge in [0.25, 0.3) is 5.69 Å². The molecule has 0 fully saturated rings. The van der Waals surface area contributed by atoms with Gasteiger partial charge in [0.2, 0.25) is 0 Å². The lowest BCUT2D eigenvalue weighted by atomic mass is 10.0. The van der Waals surface area contributed by atoms with Crippen LogP contribution in [0, 0.1) is 17.0 Å². The number of para-hydroxylation sites is 1. The number of aryl methyl sites for hydroxylation is 1. The van der Waals surface area contributed by atoms with E-state index >= 15 is 0 Å². The fourth-order valence-corrected chi connectivity index (χ4v) is 2.89. The number of hydrogen-bond donors (Lipinski definition) is 1. The molecule has 0 bridgehead atoms. The van der Waals surface area contributed by atoms with Gasteiger partial charge in [-0.1, -0.05) is 31.2 Å². The van der Waals surface area contributed by atoms with Gasteiger partial charge in [-0.25, -0.2) is 4.98 Å². The van der Waals surface area contributed by atoms with Crippen LogP contribution in [0.15, 0.2) is 36.4 Å². The Balaban J connectivity index is 0.00000261. The molecule has 0 saturated carbocycles. The normalized spacial score (nSPS) is 10.4. The van der Waals surface area contributed by atoms with Crippen molar-refractivity contribution in [2.24, 2.45) is 0 Å². The highest BCUT2D eigenvalue weighted by Gasteiger charge is 2.20. The number of halogens is 1. The van der Waals surface area contributed by atoms with Crippen molar-refractivity contribution in [3.8, 4) is 0 Å². The molecule has 0 saturated heterocycles. The number of carbonyl (C=O) groups excluding carboxylic acids is 1. The zero-order chi connectivity index (χ0) is 18.7. The Kier molecular flexibility index (Phi) is 6.52. The first-order valence-corrected chi connectivity index (χ1v) is 8.39. The first-order chi connectivity index (χ1) is 12.5. The Morgan fingerprint density at radius 3 is 2.70 bits per heavy atom. The summed E-state index contributed by atoms with van der Waals surface area (Å²) >= 11 is 0. The quantitative estimate of drug-likeness (QED) is 0.221. The molecule has 1 N–H and O–H groups in total. The number of hydrogen-bond acceptors (Lipinski definition) is 6. The molecule has 3 rings (SSSR count). The smallest absolute Gasteiger partial charge is 0.305 e. The molecule has 0 atom stereocenters. The Bertz CT molecular complexity index is 1010. The highest BCUT2D eigenvalue weighted by molar-refractivity contribution is 6.11. The molecule has 1 heterocycles. The summed E-state index contributed by atoms with van der Waals surface area (Å²) in [4.78, 5) is 27.1. The van der Waals surface area contributed by atoms with Crippen LogP contribution in [0.3, 0.4) is 0 Å². The monoisotopic (exact) mass is 389 g/mol. The van der Waals surface area contributed by atoms with Gasteiger partial charge in [0.15, 0.2) is 0 Å². The molecule has 8 heteroatoms. The van der Waals surface area contributed by atoms with Crippen LogP contribution in [-0.2, 0) is 9.53 Å². The maximum Gasteiger partial charge on any atom is 0.305 e. The number of rotatable bonds is 6. The predicted octanol–water partition coefficient (Wildman–Crippen LogP) is 4.39. The Morgan fingerprint density at radius 1 is 1.26 bits per heavy atom. The van der Waals surface area contributed by atoms with E-state index in [4.69, 9.17) is 4.74 Å². The van der Waals surface area contributed by atoms with Gasteiger partial charge >= 0.3 is 5.97 Å². The van der Waals surface area contributed by atoms with Gasteiger partial charge in [-0.15, -0.1) is 12.4 Å². The molecular formula is C19H20ClN3O4. The molecule has 0 amide bonds. The first kappa shape index (κ1) is 20.4. The lowest BCUT2D eigenvalue weighted by Crippen LogP contribution is -2.14. The number of benzene rings is 2. The number of nitrogens with one attached hydrogen (secondary N) is 1. The SMILES string of the molecule is CCC(=O)OCCNc1c2ccccc2nc2c(C)ccc([N+](=O)[O-])c12.Cl. The molecular weight excluding hydrogens is 370 g/mol. The van der Waals surface area contributed by atoms with E-state index in [1.807, 2.05) is 31.2 Å². The van der Waals surface area contributed by atoms with Gasteiger partial charge in [0.1, 0.15) is 12.0 Å². The number of pyridine rings is 1. The minimum Gasteiger partial charge on any atom is -0.464 e. The molecule has 0 aliphatic heterocycles. The van der Waals surface area contributed by atoms with E-state index in [1.165, 1.54) is 6.07 Å². The Labute approximate surface area is 162 Å². The largest absolute Gasteiger partial charge is 0.464 e. The van der Waals surface area contributed by atoms with Gasteiger partial charge in [-0.2, -0.15) is 0 Å². The van der Waals surface area contributed by atoms with Crippen molar-refractivity contribution in [3.63, 3.8) is 0 Å². The number of nitro benzene ring substituents is 1. The number of esters is 1. The molecule has 142 valence electrons. The van der Waals surface area contributed by atoms with Crippen molar-refractivity contribution in [3.05, 3.63) is 52.1 Å². The van der Waals surface area contributed by atoms with E-state index in [0.717, 1.165) is 16.5 Å². The number of non-ortho nitro benzene ring substituents is 1. The molecule has 7 nitrogen and oxygen atoms in total. The van der Waals surface area contributed by atoms with E-state index in [0.29, 0.717) is 29.6 Å². The zero-order valence-corrected chi connectivity index (χ0v) is 15.8. The van der Waals surface area contributed by atoms with E-state index in [1.54, 1.807) is 13.0 Å². The average molecular weight is 390 g/mol. The fourth-order valence-electron chi connectivity index (χ4n) is 2.89. The molecule has 0 spiro atoms. The Hall–Kier alpha value is -2.93. The highest BCUT2D eigenvalue weighted by atomic mass is 35.5. The van der Waals surface area contributed by atoms with Crippen molar-refractivity contribution in [2.45, 2.75) is 20.3 Å². The minimum atomic E-state index is -0.402. The second-order valence-corrected chi connectivity index (χ2v) is 5.89. The predicted molar refractivity (Wildman–Crippen MR) is 108 cm³/mol. The van der Waals surface area contributed by atoms with Crippen LogP contribution in [0.5, 0.6) is 0 Å². The van der Waals surface area contributed by atoms with Crippen molar-refractivity contribution in [1.82, 2.24) is 4.98 Å². The summed E-state index contributed by atoms with van der Waals surface area (Å²) in [6.45, 7) is 4.14. The molecule has 3 aromatic rings. The summed E-state index contributed by atoms with van der Waals surface area (Å²) in [6.07, 6.45) is 0.311. The van der Waals surface area contributed by atoms with E-state index in [9.17, 15) is 14.9 Å². The summed E-state index contributed by atoms with van der Waals surface area (Å²) in [5.41, 5.74) is 2.82. The summed E-state index contributed by atoms with van der Waals surface area (Å²) in [5, 5.41) is 16.0. The van der Waals surface area contributed by atoms with Gasteiger partial charge in [-0.3, -0.25) is 14.9 Å². The minimum absolute atomic E-state index is 0. The summed E-state index contributed by atoms with van der Waals surface area (Å²) in [7, 11) is 0. The summed E-state index contributed by atoms with van der Waals surface area (Å²) in [6, 6.07) is 10.7. The van der Waals surface area contributed by atoms with Crippen molar-refractivity contribution in [2.75, 3.05) is 18.5 Å². The van der Waals surface area contributed by atoms with Crippen LogP contribution in [0.4, 0.5) is 11.4 Å². The van der Waals surface area contributed by atoms with Crippen molar-refractivity contribution in [1.29, 1.82) is 0 Å². The zero-order valence-electron chi connectivity index (χ0n) is 15.0. The number of carbonyl (C=O) groups is 1. The Morgan fingerprint density at radius 2 is 2.00 bits per heavy atom. The van der Waals surface area contributed by atoms with E-state index < -0.39 is 4.92 Å². The van der Waals surface area contributed by atoms with Crippen LogP contribution in [0.2, 0.25) is 0 Å². The molecule has 1 aromatic heterocycles. The van der Waals surface area contributed by atoms with Gasteiger partial charge in [-0.05, 0) is 18.6 Å². The number of nitrogens with zero attached hydrogens (tertiary/aromatic N) is 2.